The lowest BCUT2D eigenvalue weighted by Gasteiger charge is -2.26. The van der Waals surface area contributed by atoms with E-state index < -0.39 is 58.1 Å². The molecule has 0 aliphatic rings. The standard InChI is InChI=1S/C23H34ClN3O10S/c1-8-35-18(28)13-27(38(33,34)26-21(32)37-23(5,6)7)17-10-9-14(11-15(17)24)12-16(19(29)30)25-20(31)36-22(2,3)4/h9-11,16H,8,12-13H2,1-7H3,(H,25,31)(H,26,32)(H,29,30)/t16-/m0/s1. The Kier molecular flexibility index (Phi) is 11.2. The molecule has 0 saturated heterocycles. The van der Waals surface area contributed by atoms with Crippen molar-refractivity contribution in [2.75, 3.05) is 17.5 Å². The van der Waals surface area contributed by atoms with E-state index in [-0.39, 0.29) is 23.7 Å². The van der Waals surface area contributed by atoms with Gasteiger partial charge >= 0.3 is 34.3 Å². The third-order valence-corrected chi connectivity index (χ3v) is 5.82. The number of carbonyl (C=O) groups is 4. The molecule has 0 spiro atoms. The molecule has 0 aliphatic carbocycles. The minimum atomic E-state index is -4.71. The van der Waals surface area contributed by atoms with Crippen molar-refractivity contribution >= 4 is 51.6 Å². The van der Waals surface area contributed by atoms with Crippen LogP contribution in [0.25, 0.3) is 0 Å². The molecule has 1 rings (SSSR count). The van der Waals surface area contributed by atoms with E-state index in [1.807, 2.05) is 0 Å². The van der Waals surface area contributed by atoms with Gasteiger partial charge in [-0.15, -0.1) is 0 Å². The van der Waals surface area contributed by atoms with Gasteiger partial charge in [0, 0.05) is 6.42 Å². The first-order chi connectivity index (χ1) is 17.2. The number of anilines is 1. The Morgan fingerprint density at radius 1 is 1.03 bits per heavy atom. The van der Waals surface area contributed by atoms with Crippen LogP contribution in [-0.4, -0.2) is 68.0 Å². The maximum absolute atomic E-state index is 13.0. The van der Waals surface area contributed by atoms with Crippen LogP contribution in [0.15, 0.2) is 18.2 Å². The third-order valence-electron chi connectivity index (χ3n) is 4.19. The Labute approximate surface area is 226 Å². The third kappa shape index (κ3) is 11.4. The van der Waals surface area contributed by atoms with Crippen LogP contribution >= 0.6 is 11.6 Å². The number of carboxylic acid groups (broad SMARTS) is 1. The Balaban J connectivity index is 3.28. The first kappa shape index (κ1) is 32.8. The fraction of sp³-hybridized carbons (Fsp3) is 0.565. The van der Waals surface area contributed by atoms with E-state index in [9.17, 15) is 32.7 Å². The summed E-state index contributed by atoms with van der Waals surface area (Å²) in [7, 11) is -4.71. The van der Waals surface area contributed by atoms with E-state index >= 15 is 0 Å². The molecule has 1 aromatic carbocycles. The van der Waals surface area contributed by atoms with Crippen LogP contribution in [0.3, 0.4) is 0 Å². The summed E-state index contributed by atoms with van der Waals surface area (Å²) in [5.74, 6) is -2.26. The highest BCUT2D eigenvalue weighted by atomic mass is 35.5. The van der Waals surface area contributed by atoms with Crippen LogP contribution in [0.4, 0.5) is 15.3 Å². The van der Waals surface area contributed by atoms with E-state index in [0.717, 1.165) is 0 Å². The molecule has 214 valence electrons. The normalized spacial score (nSPS) is 12.6. The molecule has 13 nitrogen and oxygen atoms in total. The smallest absolute Gasteiger partial charge is 0.422 e. The summed E-state index contributed by atoms with van der Waals surface area (Å²) in [5, 5.41) is 11.6. The predicted molar refractivity (Wildman–Crippen MR) is 138 cm³/mol. The van der Waals surface area contributed by atoms with Crippen molar-refractivity contribution in [3.63, 3.8) is 0 Å². The van der Waals surface area contributed by atoms with Crippen molar-refractivity contribution in [3.8, 4) is 0 Å². The van der Waals surface area contributed by atoms with Crippen LogP contribution in [-0.2, 0) is 40.4 Å². The van der Waals surface area contributed by atoms with Gasteiger partial charge in [0.25, 0.3) is 0 Å². The van der Waals surface area contributed by atoms with Gasteiger partial charge in [-0.2, -0.15) is 8.42 Å². The zero-order valence-corrected chi connectivity index (χ0v) is 23.9. The minimum absolute atomic E-state index is 0.0277. The molecule has 0 saturated carbocycles. The first-order valence-electron chi connectivity index (χ1n) is 11.4. The molecular formula is C23H34ClN3O10S. The van der Waals surface area contributed by atoms with Gasteiger partial charge in [-0.25, -0.2) is 23.4 Å². The number of hydrogen-bond donors (Lipinski definition) is 3. The van der Waals surface area contributed by atoms with Crippen molar-refractivity contribution in [2.24, 2.45) is 0 Å². The van der Waals surface area contributed by atoms with E-state index in [2.05, 4.69) is 5.32 Å². The maximum atomic E-state index is 13.0. The molecule has 0 aliphatic heterocycles. The number of carbonyl (C=O) groups excluding carboxylic acids is 3. The summed E-state index contributed by atoms with van der Waals surface area (Å²) >= 11 is 6.33. The summed E-state index contributed by atoms with van der Waals surface area (Å²) in [4.78, 5) is 48.0. The number of nitrogens with zero attached hydrogens (tertiary/aromatic N) is 1. The Morgan fingerprint density at radius 2 is 1.58 bits per heavy atom. The maximum Gasteiger partial charge on any atom is 0.422 e. The predicted octanol–water partition coefficient (Wildman–Crippen LogP) is 3.00. The number of benzene rings is 1. The van der Waals surface area contributed by atoms with Gasteiger partial charge in [-0.3, -0.25) is 4.79 Å². The molecular weight excluding hydrogens is 546 g/mol. The largest absolute Gasteiger partial charge is 0.480 e. The molecule has 0 unspecified atom stereocenters. The molecule has 0 radical (unpaired) electrons. The van der Waals surface area contributed by atoms with Crippen molar-refractivity contribution in [1.82, 2.24) is 10.0 Å². The van der Waals surface area contributed by atoms with Gasteiger partial charge in [0.15, 0.2) is 0 Å². The number of carboxylic acids is 1. The lowest BCUT2D eigenvalue weighted by molar-refractivity contribution is -0.141. The van der Waals surface area contributed by atoms with Gasteiger partial charge in [-0.05, 0) is 66.2 Å². The number of amides is 2. The molecule has 0 bridgehead atoms. The van der Waals surface area contributed by atoms with Crippen molar-refractivity contribution in [3.05, 3.63) is 28.8 Å². The van der Waals surface area contributed by atoms with Crippen molar-refractivity contribution < 1.29 is 46.9 Å². The molecule has 2 amide bonds. The van der Waals surface area contributed by atoms with Crippen LogP contribution < -0.4 is 14.3 Å². The highest BCUT2D eigenvalue weighted by Gasteiger charge is 2.31. The molecule has 3 N–H and O–H groups in total. The van der Waals surface area contributed by atoms with Crippen LogP contribution in [0.2, 0.25) is 5.02 Å². The minimum Gasteiger partial charge on any atom is -0.480 e. The van der Waals surface area contributed by atoms with Crippen molar-refractivity contribution in [1.29, 1.82) is 0 Å². The molecule has 15 heteroatoms. The topological polar surface area (TPSA) is 178 Å². The van der Waals surface area contributed by atoms with E-state index in [0.29, 0.717) is 9.87 Å². The van der Waals surface area contributed by atoms with Gasteiger partial charge in [0.2, 0.25) is 0 Å². The molecule has 1 atom stereocenters. The van der Waals surface area contributed by atoms with Gasteiger partial charge in [0.1, 0.15) is 23.8 Å². The van der Waals surface area contributed by atoms with Crippen LogP contribution in [0, 0.1) is 0 Å². The number of halogens is 1. The average Bonchev–Trinajstić information content (AvgIpc) is 2.68. The molecule has 0 aromatic heterocycles. The van der Waals surface area contributed by atoms with Gasteiger partial charge in [0.05, 0.1) is 17.3 Å². The number of esters is 1. The second kappa shape index (κ2) is 13.0. The Hall–Kier alpha value is -3.26. The zero-order chi connectivity index (χ0) is 29.5. The SMILES string of the molecule is CCOC(=O)CN(c1ccc(C[C@H](NC(=O)OC(C)(C)C)C(=O)O)cc1Cl)S(=O)(=O)NC(=O)OC(C)(C)C. The monoisotopic (exact) mass is 579 g/mol. The first-order valence-corrected chi connectivity index (χ1v) is 13.3. The summed E-state index contributed by atoms with van der Waals surface area (Å²) in [6.45, 7) is 10.1. The highest BCUT2D eigenvalue weighted by molar-refractivity contribution is 7.91. The lowest BCUT2D eigenvalue weighted by atomic mass is 10.1. The average molecular weight is 580 g/mol. The number of aliphatic carboxylic acids is 1. The van der Waals surface area contributed by atoms with Crippen LogP contribution in [0.1, 0.15) is 54.0 Å². The molecule has 38 heavy (non-hydrogen) atoms. The summed E-state index contributed by atoms with van der Waals surface area (Å²) in [6, 6.07) is 2.46. The van der Waals surface area contributed by atoms with Gasteiger partial charge < -0.3 is 24.6 Å². The van der Waals surface area contributed by atoms with Gasteiger partial charge in [-0.1, -0.05) is 17.7 Å². The zero-order valence-electron chi connectivity index (χ0n) is 22.3. The van der Waals surface area contributed by atoms with E-state index in [1.54, 1.807) is 25.5 Å². The number of ether oxygens (including phenoxy) is 3. The van der Waals surface area contributed by atoms with E-state index in [1.165, 1.54) is 45.9 Å². The second-order valence-corrected chi connectivity index (χ2v) is 11.9. The fourth-order valence-electron chi connectivity index (χ4n) is 2.85. The number of rotatable bonds is 10. The fourth-order valence-corrected chi connectivity index (χ4v) is 4.26. The summed E-state index contributed by atoms with van der Waals surface area (Å²) in [5.41, 5.74) is -1.74. The molecule has 1 aromatic rings. The molecule has 0 heterocycles. The second-order valence-electron chi connectivity index (χ2n) is 9.95. The van der Waals surface area contributed by atoms with Crippen molar-refractivity contribution in [2.45, 2.75) is 72.1 Å². The number of nitrogens with one attached hydrogen (secondary N) is 2. The molecule has 0 fully saturated rings. The summed E-state index contributed by atoms with van der Waals surface area (Å²) < 4.78 is 43.2. The number of alkyl carbamates (subject to hydrolysis) is 1. The highest BCUT2D eigenvalue weighted by Crippen LogP contribution is 2.29. The summed E-state index contributed by atoms with van der Waals surface area (Å²) in [6.07, 6.45) is -2.45. The lowest BCUT2D eigenvalue weighted by Crippen LogP contribution is -2.47. The van der Waals surface area contributed by atoms with E-state index in [4.69, 9.17) is 25.8 Å². The Bertz CT molecular complexity index is 1140. The quantitative estimate of drug-likeness (QED) is 0.275. The number of hydrogen-bond acceptors (Lipinski definition) is 9. The van der Waals surface area contributed by atoms with Crippen LogP contribution in [0.5, 0.6) is 0 Å². The Morgan fingerprint density at radius 3 is 2.05 bits per heavy atom.